The van der Waals surface area contributed by atoms with E-state index in [4.69, 9.17) is 14.0 Å². The van der Waals surface area contributed by atoms with E-state index in [-0.39, 0.29) is 57.7 Å². The standard InChI is InChI=1S/C32H20O/c1-2-11-21(12-3-1)30-23-14-4-6-16-25(23)31(26-17-7-5-15-24(26)30)28-19-10-18-27-22-13-8-9-20-29(22)33-32(27)28/h1-20H/i8D,9D,10D,13D,18D,19D,20D. The first-order chi connectivity index (χ1) is 19.3. The summed E-state index contributed by atoms with van der Waals surface area (Å²) < 4.78 is 66.1. The summed E-state index contributed by atoms with van der Waals surface area (Å²) in [7, 11) is 0. The summed E-state index contributed by atoms with van der Waals surface area (Å²) in [4.78, 5) is 0. The van der Waals surface area contributed by atoms with Crippen LogP contribution in [0, 0.1) is 0 Å². The molecular weight excluding hydrogens is 400 g/mol. The molecule has 0 atom stereocenters. The van der Waals surface area contributed by atoms with Crippen LogP contribution in [0.25, 0.3) is 65.7 Å². The van der Waals surface area contributed by atoms with Gasteiger partial charge in [-0.25, -0.2) is 0 Å². The molecule has 0 radical (unpaired) electrons. The second-order valence-electron chi connectivity index (χ2n) is 7.97. The fourth-order valence-electron chi connectivity index (χ4n) is 4.82. The molecule has 1 heterocycles. The average molecular weight is 428 g/mol. The highest BCUT2D eigenvalue weighted by atomic mass is 16.3. The van der Waals surface area contributed by atoms with Crippen LogP contribution in [0.4, 0.5) is 0 Å². The summed E-state index contributed by atoms with van der Waals surface area (Å²) in [6.45, 7) is 0. The van der Waals surface area contributed by atoms with Crippen molar-refractivity contribution in [1.82, 2.24) is 0 Å². The minimum Gasteiger partial charge on any atom is -0.455 e. The Bertz CT molecular complexity index is 2130. The first-order valence-corrected chi connectivity index (χ1v) is 10.7. The van der Waals surface area contributed by atoms with Gasteiger partial charge in [0.05, 0.1) is 9.60 Å². The lowest BCUT2D eigenvalue weighted by Crippen LogP contribution is -1.90. The van der Waals surface area contributed by atoms with Crippen LogP contribution in [-0.4, -0.2) is 0 Å². The summed E-state index contributed by atoms with van der Waals surface area (Å²) in [6.07, 6.45) is 0. The van der Waals surface area contributed by atoms with Gasteiger partial charge in [0.1, 0.15) is 11.2 Å². The molecule has 0 amide bonds. The largest absolute Gasteiger partial charge is 0.455 e. The molecule has 1 heteroatoms. The van der Waals surface area contributed by atoms with E-state index in [1.807, 2.05) is 66.7 Å². The lowest BCUT2D eigenvalue weighted by Gasteiger charge is -2.17. The van der Waals surface area contributed by atoms with Crippen LogP contribution < -0.4 is 0 Å². The van der Waals surface area contributed by atoms with Gasteiger partial charge in [0, 0.05) is 21.9 Å². The Hall–Kier alpha value is -4.36. The third-order valence-corrected chi connectivity index (χ3v) is 6.18. The second-order valence-corrected chi connectivity index (χ2v) is 7.97. The molecule has 0 bridgehead atoms. The normalized spacial score (nSPS) is 14.6. The van der Waals surface area contributed by atoms with Crippen molar-refractivity contribution < 1.29 is 14.0 Å². The van der Waals surface area contributed by atoms with E-state index in [1.165, 1.54) is 0 Å². The smallest absolute Gasteiger partial charge is 0.143 e. The third-order valence-electron chi connectivity index (χ3n) is 6.18. The molecule has 0 aliphatic heterocycles. The Morgan fingerprint density at radius 3 is 1.76 bits per heavy atom. The van der Waals surface area contributed by atoms with Crippen molar-refractivity contribution in [3.63, 3.8) is 0 Å². The second kappa shape index (κ2) is 7.08. The molecular formula is C32H20O. The van der Waals surface area contributed by atoms with Crippen LogP contribution in [0.5, 0.6) is 0 Å². The first-order valence-electron chi connectivity index (χ1n) is 14.2. The van der Waals surface area contributed by atoms with E-state index >= 15 is 0 Å². The van der Waals surface area contributed by atoms with Crippen LogP contribution in [-0.2, 0) is 0 Å². The summed E-state index contributed by atoms with van der Waals surface area (Å²) >= 11 is 0. The lowest BCUT2D eigenvalue weighted by molar-refractivity contribution is 0.670. The van der Waals surface area contributed by atoms with E-state index in [0.717, 1.165) is 32.7 Å². The van der Waals surface area contributed by atoms with E-state index < -0.39 is 12.1 Å². The molecule has 0 saturated carbocycles. The Kier molecular flexibility index (Phi) is 2.71. The van der Waals surface area contributed by atoms with Gasteiger partial charge in [-0.05, 0) is 38.7 Å². The van der Waals surface area contributed by atoms with Crippen molar-refractivity contribution in [3.8, 4) is 22.3 Å². The van der Waals surface area contributed by atoms with Crippen LogP contribution in [0.1, 0.15) is 9.60 Å². The third kappa shape index (κ3) is 2.66. The van der Waals surface area contributed by atoms with Crippen molar-refractivity contribution in [2.24, 2.45) is 0 Å². The van der Waals surface area contributed by atoms with Gasteiger partial charge < -0.3 is 4.42 Å². The molecule has 1 aromatic heterocycles. The van der Waals surface area contributed by atoms with Gasteiger partial charge in [-0.3, -0.25) is 0 Å². The minimum atomic E-state index is -0.440. The van der Waals surface area contributed by atoms with Crippen molar-refractivity contribution in [3.05, 3.63) is 121 Å². The summed E-state index contributed by atoms with van der Waals surface area (Å²) in [6, 6.07) is 23.4. The van der Waals surface area contributed by atoms with Crippen LogP contribution in [0.2, 0.25) is 0 Å². The number of rotatable bonds is 2. The maximum absolute atomic E-state index is 9.05. The molecule has 6 aromatic carbocycles. The van der Waals surface area contributed by atoms with E-state index in [2.05, 4.69) is 12.1 Å². The number of furan rings is 1. The highest BCUT2D eigenvalue weighted by Gasteiger charge is 2.19. The molecule has 7 rings (SSSR count). The number of hydrogen-bond acceptors (Lipinski definition) is 1. The topological polar surface area (TPSA) is 13.1 Å². The zero-order valence-corrected chi connectivity index (χ0v) is 17.4. The monoisotopic (exact) mass is 427 g/mol. The van der Waals surface area contributed by atoms with E-state index in [9.17, 15) is 0 Å². The molecule has 0 spiro atoms. The predicted molar refractivity (Wildman–Crippen MR) is 140 cm³/mol. The van der Waals surface area contributed by atoms with Crippen molar-refractivity contribution >= 4 is 43.5 Å². The van der Waals surface area contributed by atoms with Gasteiger partial charge in [0.2, 0.25) is 0 Å². The van der Waals surface area contributed by atoms with E-state index in [1.54, 1.807) is 0 Å². The van der Waals surface area contributed by atoms with Gasteiger partial charge in [-0.1, -0.05) is 115 Å². The fourth-order valence-corrected chi connectivity index (χ4v) is 4.82. The summed E-state index contributed by atoms with van der Waals surface area (Å²) in [5.74, 6) is 0. The molecule has 0 N–H and O–H groups in total. The zero-order valence-electron chi connectivity index (χ0n) is 24.4. The van der Waals surface area contributed by atoms with Crippen LogP contribution >= 0.6 is 0 Å². The quantitative estimate of drug-likeness (QED) is 0.251. The van der Waals surface area contributed by atoms with Crippen LogP contribution in [0.15, 0.2) is 126 Å². The van der Waals surface area contributed by atoms with E-state index in [0.29, 0.717) is 5.56 Å². The highest BCUT2D eigenvalue weighted by molar-refractivity contribution is 6.24. The first kappa shape index (κ1) is 12.6. The van der Waals surface area contributed by atoms with Gasteiger partial charge in [0.15, 0.2) is 0 Å². The molecule has 0 saturated heterocycles. The number of benzene rings is 6. The average Bonchev–Trinajstić information content (AvgIpc) is 3.38. The Labute approximate surface area is 201 Å². The Morgan fingerprint density at radius 2 is 1.06 bits per heavy atom. The van der Waals surface area contributed by atoms with Crippen molar-refractivity contribution in [2.75, 3.05) is 0 Å². The molecule has 0 aliphatic carbocycles. The molecule has 0 aliphatic rings. The molecule has 1 nitrogen and oxygen atoms in total. The SMILES string of the molecule is [2H]c1c([2H])c([2H])c2c(oc3c(-c4c5ccccc5c(-c5ccccc5)c5ccccc45)c([2H])c([2H])c([2H])c32)c1[2H]. The molecule has 0 unspecified atom stereocenters. The van der Waals surface area contributed by atoms with Gasteiger partial charge in [-0.2, -0.15) is 0 Å². The highest BCUT2D eigenvalue weighted by Crippen LogP contribution is 2.46. The summed E-state index contributed by atoms with van der Waals surface area (Å²) in [5, 5.41) is 3.70. The van der Waals surface area contributed by atoms with Gasteiger partial charge in [0.25, 0.3) is 0 Å². The van der Waals surface area contributed by atoms with Gasteiger partial charge in [-0.15, -0.1) is 0 Å². The predicted octanol–water partition coefficient (Wildman–Crippen LogP) is 9.23. The molecule has 33 heavy (non-hydrogen) atoms. The maximum Gasteiger partial charge on any atom is 0.143 e. The number of hydrogen-bond donors (Lipinski definition) is 0. The van der Waals surface area contributed by atoms with Crippen LogP contribution in [0.3, 0.4) is 0 Å². The fraction of sp³-hybridized carbons (Fsp3) is 0. The number of para-hydroxylation sites is 2. The van der Waals surface area contributed by atoms with Gasteiger partial charge >= 0.3 is 0 Å². The lowest BCUT2D eigenvalue weighted by atomic mass is 9.85. The molecule has 154 valence electrons. The van der Waals surface area contributed by atoms with Crippen molar-refractivity contribution in [1.29, 1.82) is 0 Å². The molecule has 0 fully saturated rings. The zero-order chi connectivity index (χ0) is 27.9. The van der Waals surface area contributed by atoms with Crippen molar-refractivity contribution in [2.45, 2.75) is 0 Å². The Balaban J connectivity index is 1.76. The minimum absolute atomic E-state index is 0.0512. The maximum atomic E-state index is 9.05. The molecule has 7 aromatic rings. The summed E-state index contributed by atoms with van der Waals surface area (Å²) in [5.41, 5.74) is 3.03. The Morgan fingerprint density at radius 1 is 0.485 bits per heavy atom. The number of fused-ring (bicyclic) bond motifs is 5.